The minimum absolute atomic E-state index is 0.234. The van der Waals surface area contributed by atoms with Gasteiger partial charge in [-0.15, -0.1) is 0 Å². The molecule has 1 fully saturated rings. The molecule has 2 heteroatoms. The van der Waals surface area contributed by atoms with Crippen molar-refractivity contribution in [3.63, 3.8) is 0 Å². The quantitative estimate of drug-likeness (QED) is 0.804. The van der Waals surface area contributed by atoms with Crippen LogP contribution in [-0.2, 0) is 11.2 Å². The van der Waals surface area contributed by atoms with Crippen molar-refractivity contribution in [2.24, 2.45) is 11.8 Å². The van der Waals surface area contributed by atoms with Crippen LogP contribution in [0.25, 0.3) is 0 Å². The van der Waals surface area contributed by atoms with E-state index in [1.807, 2.05) is 6.07 Å². The van der Waals surface area contributed by atoms with Crippen LogP contribution in [0.2, 0.25) is 0 Å². The first-order valence-corrected chi connectivity index (χ1v) is 8.40. The number of carbonyl (C=O) groups excluding carboxylic acids is 1. The Hall–Kier alpha value is -1.83. The van der Waals surface area contributed by atoms with E-state index in [4.69, 9.17) is 0 Å². The topological polar surface area (TPSA) is 20.3 Å². The molecule has 0 N–H and O–H groups in total. The number of amides is 1. The zero-order valence-corrected chi connectivity index (χ0v) is 13.4. The molecule has 3 rings (SSSR count). The molecule has 1 amide bonds. The van der Waals surface area contributed by atoms with E-state index >= 15 is 0 Å². The molecule has 1 aromatic carbocycles. The lowest BCUT2D eigenvalue weighted by atomic mass is 9.87. The van der Waals surface area contributed by atoms with Crippen molar-refractivity contribution in [3.05, 3.63) is 59.7 Å². The first kappa shape index (κ1) is 15.1. The minimum atomic E-state index is 0.234. The Kier molecular flexibility index (Phi) is 4.77. The Labute approximate surface area is 133 Å². The van der Waals surface area contributed by atoms with Gasteiger partial charge in [0.05, 0.1) is 0 Å². The Morgan fingerprint density at radius 1 is 1.23 bits per heavy atom. The number of carbonyl (C=O) groups is 1. The molecule has 0 saturated carbocycles. The summed E-state index contributed by atoms with van der Waals surface area (Å²) in [6.45, 7) is 3.93. The summed E-state index contributed by atoms with van der Waals surface area (Å²) < 4.78 is 0. The Balaban J connectivity index is 1.49. The largest absolute Gasteiger partial charge is 0.342 e. The summed E-state index contributed by atoms with van der Waals surface area (Å²) in [5.41, 5.74) is 2.66. The fourth-order valence-electron chi connectivity index (χ4n) is 3.46. The summed E-state index contributed by atoms with van der Waals surface area (Å²) in [5.74, 6) is 1.15. The number of hydrogen-bond donors (Lipinski definition) is 0. The Morgan fingerprint density at radius 3 is 2.77 bits per heavy atom. The summed E-state index contributed by atoms with van der Waals surface area (Å²) in [5, 5.41) is 0. The zero-order chi connectivity index (χ0) is 15.4. The molecule has 2 atom stereocenters. The predicted octanol–water partition coefficient (Wildman–Crippen LogP) is 3.99. The molecule has 116 valence electrons. The van der Waals surface area contributed by atoms with Crippen LogP contribution in [0.1, 0.15) is 31.7 Å². The van der Waals surface area contributed by atoms with Crippen molar-refractivity contribution in [2.45, 2.75) is 32.6 Å². The molecule has 1 saturated heterocycles. The van der Waals surface area contributed by atoms with Crippen molar-refractivity contribution in [1.82, 2.24) is 4.90 Å². The van der Waals surface area contributed by atoms with E-state index in [9.17, 15) is 4.79 Å². The van der Waals surface area contributed by atoms with Crippen molar-refractivity contribution in [2.75, 3.05) is 13.1 Å². The summed E-state index contributed by atoms with van der Waals surface area (Å²) in [6.07, 6.45) is 10.9. The highest BCUT2D eigenvalue weighted by atomic mass is 16.2. The van der Waals surface area contributed by atoms with Crippen molar-refractivity contribution in [3.8, 4) is 0 Å². The van der Waals surface area contributed by atoms with E-state index in [0.29, 0.717) is 11.8 Å². The Morgan fingerprint density at radius 2 is 2.05 bits per heavy atom. The maximum Gasteiger partial charge on any atom is 0.225 e. The lowest BCUT2D eigenvalue weighted by Crippen LogP contribution is -2.30. The smallest absolute Gasteiger partial charge is 0.225 e. The first-order valence-electron chi connectivity index (χ1n) is 8.40. The van der Waals surface area contributed by atoms with Gasteiger partial charge in [-0.25, -0.2) is 0 Å². The van der Waals surface area contributed by atoms with Crippen molar-refractivity contribution >= 4 is 5.91 Å². The number of allylic oxidation sites excluding steroid dienone is 4. The summed E-state index contributed by atoms with van der Waals surface area (Å²) in [6, 6.07) is 10.4. The maximum atomic E-state index is 12.6. The van der Waals surface area contributed by atoms with Gasteiger partial charge in [0.15, 0.2) is 0 Å². The summed E-state index contributed by atoms with van der Waals surface area (Å²) >= 11 is 0. The zero-order valence-electron chi connectivity index (χ0n) is 13.4. The van der Waals surface area contributed by atoms with Crippen LogP contribution >= 0.6 is 0 Å². The fourth-order valence-corrected chi connectivity index (χ4v) is 3.46. The maximum absolute atomic E-state index is 12.6. The van der Waals surface area contributed by atoms with Gasteiger partial charge in [0, 0.05) is 19.0 Å². The van der Waals surface area contributed by atoms with Crippen LogP contribution in [0.15, 0.2) is 54.1 Å². The molecule has 1 aliphatic heterocycles. The Bertz CT molecular complexity index is 573. The third kappa shape index (κ3) is 3.68. The lowest BCUT2D eigenvalue weighted by molar-refractivity contribution is -0.131. The molecule has 1 aliphatic carbocycles. The average molecular weight is 295 g/mol. The van der Waals surface area contributed by atoms with Crippen LogP contribution in [0.3, 0.4) is 0 Å². The number of benzene rings is 1. The molecule has 0 aromatic heterocycles. The van der Waals surface area contributed by atoms with E-state index in [2.05, 4.69) is 54.3 Å². The van der Waals surface area contributed by atoms with Gasteiger partial charge in [-0.05, 0) is 44.1 Å². The van der Waals surface area contributed by atoms with Gasteiger partial charge in [-0.1, -0.05) is 54.1 Å². The number of rotatable bonds is 5. The highest BCUT2D eigenvalue weighted by molar-refractivity contribution is 5.80. The molecule has 2 nitrogen and oxygen atoms in total. The van der Waals surface area contributed by atoms with Gasteiger partial charge < -0.3 is 4.90 Å². The van der Waals surface area contributed by atoms with E-state index in [-0.39, 0.29) is 5.92 Å². The molecule has 0 bridgehead atoms. The fraction of sp³-hybridized carbons (Fsp3) is 0.450. The number of likely N-dealkylation sites (tertiary alicyclic amines) is 1. The van der Waals surface area contributed by atoms with Gasteiger partial charge in [-0.3, -0.25) is 4.79 Å². The molecule has 0 spiro atoms. The van der Waals surface area contributed by atoms with Gasteiger partial charge in [0.1, 0.15) is 0 Å². The second-order valence-corrected chi connectivity index (χ2v) is 6.59. The minimum Gasteiger partial charge on any atom is -0.342 e. The number of hydrogen-bond acceptors (Lipinski definition) is 1. The predicted molar refractivity (Wildman–Crippen MR) is 90.5 cm³/mol. The third-order valence-electron chi connectivity index (χ3n) is 4.88. The van der Waals surface area contributed by atoms with E-state index in [0.717, 1.165) is 38.8 Å². The normalized spacial score (nSPS) is 24.7. The van der Waals surface area contributed by atoms with Crippen LogP contribution in [0.4, 0.5) is 0 Å². The second kappa shape index (κ2) is 6.95. The molecular formula is C20H25NO. The highest BCUT2D eigenvalue weighted by Crippen LogP contribution is 2.29. The van der Waals surface area contributed by atoms with Crippen LogP contribution in [-0.4, -0.2) is 23.9 Å². The van der Waals surface area contributed by atoms with Crippen LogP contribution in [0, 0.1) is 11.8 Å². The van der Waals surface area contributed by atoms with E-state index in [1.165, 1.54) is 11.1 Å². The molecule has 2 unspecified atom stereocenters. The SMILES string of the molecule is CC1=CCC(CC2CCN(CCc3ccccc3)C2=O)C=C1. The molecule has 1 heterocycles. The first-order chi connectivity index (χ1) is 10.7. The summed E-state index contributed by atoms with van der Waals surface area (Å²) in [7, 11) is 0. The molecular weight excluding hydrogens is 270 g/mol. The van der Waals surface area contributed by atoms with Crippen LogP contribution in [0.5, 0.6) is 0 Å². The van der Waals surface area contributed by atoms with Gasteiger partial charge >= 0.3 is 0 Å². The van der Waals surface area contributed by atoms with E-state index in [1.54, 1.807) is 0 Å². The highest BCUT2D eigenvalue weighted by Gasteiger charge is 2.32. The monoisotopic (exact) mass is 295 g/mol. The third-order valence-corrected chi connectivity index (χ3v) is 4.88. The van der Waals surface area contributed by atoms with Crippen molar-refractivity contribution in [1.29, 1.82) is 0 Å². The van der Waals surface area contributed by atoms with Gasteiger partial charge in [-0.2, -0.15) is 0 Å². The molecule has 2 aliphatic rings. The van der Waals surface area contributed by atoms with Gasteiger partial charge in [0.2, 0.25) is 5.91 Å². The second-order valence-electron chi connectivity index (χ2n) is 6.59. The molecule has 1 aromatic rings. The standard InChI is InChI=1S/C20H25NO/c1-16-7-9-18(10-8-16)15-19-12-14-21(20(19)22)13-11-17-5-3-2-4-6-17/h2-9,18-19H,10-15H2,1H3. The number of nitrogens with zero attached hydrogens (tertiary/aromatic N) is 1. The van der Waals surface area contributed by atoms with Crippen molar-refractivity contribution < 1.29 is 4.79 Å². The lowest BCUT2D eigenvalue weighted by Gasteiger charge is -2.20. The van der Waals surface area contributed by atoms with E-state index < -0.39 is 0 Å². The summed E-state index contributed by atoms with van der Waals surface area (Å²) in [4.78, 5) is 14.6. The molecule has 22 heavy (non-hydrogen) atoms. The molecule has 0 radical (unpaired) electrons. The van der Waals surface area contributed by atoms with Crippen LogP contribution < -0.4 is 0 Å². The average Bonchev–Trinajstić information content (AvgIpc) is 2.89. The van der Waals surface area contributed by atoms with Gasteiger partial charge in [0.25, 0.3) is 0 Å².